The van der Waals surface area contributed by atoms with Gasteiger partial charge in [-0.3, -0.25) is 14.4 Å². The molecule has 0 radical (unpaired) electrons. The van der Waals surface area contributed by atoms with E-state index in [1.54, 1.807) is 20.8 Å². The molecule has 8 fully saturated rings. The third-order valence-electron chi connectivity index (χ3n) is 27.3. The van der Waals surface area contributed by atoms with E-state index in [1.165, 1.54) is 38.1 Å². The maximum Gasteiger partial charge on any atom is 0.336 e. The molecule has 2 aromatic rings. The highest BCUT2D eigenvalue weighted by Crippen LogP contribution is 2.77. The SMILES string of the molecule is CC(=O)O[C@H]1C[C@@]2(C)[C@H](C[C@@H](O)C3[C@@]4(C)CC[C@@H](O)[C@@H](C)C4CC[C@@]32C)C1=C(CCC(=C(C)C)c1cc(F)cc(F)c1)C(=O)O[C@@H]1CC[C@@]2(C)C(CC[C@@]3(C)[C@@H]2[C@H](O)C[C@@H]2C(=C(CCC(=C(C)C)c4cc(F)cc(F)c4)C(=O)OCOC(=O)C(C)(C)C)[C@@H](OC(C)=O)C[C@@]23C)[C@@H]1C. The molecule has 8 aliphatic carbocycles. The van der Waals surface area contributed by atoms with Crippen molar-refractivity contribution in [3.8, 4) is 0 Å². The minimum Gasteiger partial charge on any atom is -0.459 e. The molecule has 0 bridgehead atoms. The van der Waals surface area contributed by atoms with Gasteiger partial charge in [-0.2, -0.15) is 0 Å². The van der Waals surface area contributed by atoms with Gasteiger partial charge in [0.15, 0.2) is 0 Å². The van der Waals surface area contributed by atoms with Gasteiger partial charge >= 0.3 is 29.8 Å². The van der Waals surface area contributed by atoms with E-state index in [4.69, 9.17) is 23.7 Å². The summed E-state index contributed by atoms with van der Waals surface area (Å²) in [6, 6.07) is 6.68. The number of aliphatic hydroxyl groups excluding tert-OH is 3. The zero-order chi connectivity index (χ0) is 71.4. The molecular formula is C80H108F4O13. The molecule has 3 unspecified atom stereocenters. The smallest absolute Gasteiger partial charge is 0.336 e. The van der Waals surface area contributed by atoms with Crippen LogP contribution in [0.2, 0.25) is 0 Å². The Hall–Kier alpha value is -5.65. The number of ether oxygens (including phenoxy) is 5. The Morgan fingerprint density at radius 1 is 0.495 bits per heavy atom. The maximum absolute atomic E-state index is 16.0. The Morgan fingerprint density at radius 2 is 0.897 bits per heavy atom. The van der Waals surface area contributed by atoms with E-state index in [0.717, 1.165) is 42.5 Å². The molecule has 10 rings (SSSR count). The van der Waals surface area contributed by atoms with Crippen LogP contribution in [0.5, 0.6) is 0 Å². The van der Waals surface area contributed by atoms with Crippen LogP contribution in [0.15, 0.2) is 69.8 Å². The summed E-state index contributed by atoms with van der Waals surface area (Å²) >= 11 is 0. The van der Waals surface area contributed by atoms with Gasteiger partial charge in [-0.25, -0.2) is 27.2 Å². The molecule has 0 saturated heterocycles. The number of hydrogen-bond acceptors (Lipinski definition) is 13. The van der Waals surface area contributed by atoms with Crippen molar-refractivity contribution in [1.29, 1.82) is 0 Å². The quantitative estimate of drug-likeness (QED) is 0.0502. The van der Waals surface area contributed by atoms with Gasteiger partial charge in [0.2, 0.25) is 6.79 Å². The minimum atomic E-state index is -0.943. The summed E-state index contributed by atoms with van der Waals surface area (Å²) in [7, 11) is 0. The average Bonchev–Trinajstić information content (AvgIpc) is 1.64. The van der Waals surface area contributed by atoms with Crippen molar-refractivity contribution in [1.82, 2.24) is 0 Å². The lowest BCUT2D eigenvalue weighted by molar-refractivity contribution is -0.236. The normalized spacial score (nSPS) is 38.3. The molecule has 0 heterocycles. The number of carbonyl (C=O) groups is 5. The lowest BCUT2D eigenvalue weighted by atomic mass is 9.36. The number of carbonyl (C=O) groups excluding carboxylic acids is 5. The summed E-state index contributed by atoms with van der Waals surface area (Å²) in [5, 5.41) is 37.3. The van der Waals surface area contributed by atoms with Crippen molar-refractivity contribution in [2.45, 2.75) is 257 Å². The number of benzene rings is 2. The molecule has 0 amide bonds. The first-order valence-electron chi connectivity index (χ1n) is 35.8. The van der Waals surface area contributed by atoms with Gasteiger partial charge in [0.05, 0.1) is 23.7 Å². The Labute approximate surface area is 572 Å². The van der Waals surface area contributed by atoms with Crippen LogP contribution in [-0.4, -0.2) is 88.6 Å². The molecule has 8 saturated carbocycles. The van der Waals surface area contributed by atoms with Crippen LogP contribution in [0.3, 0.4) is 0 Å². The van der Waals surface area contributed by atoms with E-state index in [2.05, 4.69) is 55.4 Å². The summed E-state index contributed by atoms with van der Waals surface area (Å²) in [5.74, 6) is -7.58. The lowest BCUT2D eigenvalue weighted by Gasteiger charge is -2.69. The monoisotopic (exact) mass is 1350 g/mol. The number of hydrogen-bond donors (Lipinski definition) is 3. The van der Waals surface area contributed by atoms with Crippen molar-refractivity contribution >= 4 is 41.0 Å². The van der Waals surface area contributed by atoms with E-state index in [0.29, 0.717) is 90.4 Å². The van der Waals surface area contributed by atoms with Crippen molar-refractivity contribution in [2.75, 3.05) is 6.79 Å². The van der Waals surface area contributed by atoms with Gasteiger partial charge < -0.3 is 39.0 Å². The van der Waals surface area contributed by atoms with Gasteiger partial charge in [0, 0.05) is 37.1 Å². The van der Waals surface area contributed by atoms with Crippen molar-refractivity contribution in [2.24, 2.45) is 85.2 Å². The number of aliphatic hydroxyl groups is 3. The summed E-state index contributed by atoms with van der Waals surface area (Å²) in [6.45, 7) is 32.1. The maximum atomic E-state index is 16.0. The number of fused-ring (bicyclic) bond motifs is 10. The van der Waals surface area contributed by atoms with Crippen molar-refractivity contribution < 1.29 is 80.5 Å². The molecule has 2 aromatic carbocycles. The zero-order valence-electron chi connectivity index (χ0n) is 60.5. The molecule has 3 N–H and O–H groups in total. The minimum absolute atomic E-state index is 0.0165. The van der Waals surface area contributed by atoms with Crippen LogP contribution in [0.25, 0.3) is 11.1 Å². The highest BCUT2D eigenvalue weighted by Gasteiger charge is 2.73. The molecule has 0 aromatic heterocycles. The molecule has 0 aliphatic heterocycles. The van der Waals surface area contributed by atoms with E-state index in [-0.39, 0.29) is 78.6 Å². The van der Waals surface area contributed by atoms with Crippen LogP contribution in [-0.2, 0) is 47.7 Å². The average molecular weight is 1350 g/mol. The predicted molar refractivity (Wildman–Crippen MR) is 361 cm³/mol. The largest absolute Gasteiger partial charge is 0.459 e. The van der Waals surface area contributed by atoms with Gasteiger partial charge in [-0.1, -0.05) is 66.5 Å². The molecule has 20 atom stereocenters. The highest BCUT2D eigenvalue weighted by atomic mass is 19.1. The van der Waals surface area contributed by atoms with Crippen LogP contribution in [0.1, 0.15) is 232 Å². The summed E-state index contributed by atoms with van der Waals surface area (Å²) in [4.78, 5) is 70.7. The van der Waals surface area contributed by atoms with Crippen LogP contribution >= 0.6 is 0 Å². The fraction of sp³-hybridized carbons (Fsp3) is 0.688. The van der Waals surface area contributed by atoms with Crippen molar-refractivity contribution in [3.63, 3.8) is 0 Å². The lowest BCUT2D eigenvalue weighted by Crippen LogP contribution is -2.65. The fourth-order valence-electron chi connectivity index (χ4n) is 22.7. The second-order valence-corrected chi connectivity index (χ2v) is 33.9. The zero-order valence-corrected chi connectivity index (χ0v) is 60.5. The van der Waals surface area contributed by atoms with Gasteiger partial charge in [-0.15, -0.1) is 0 Å². The van der Waals surface area contributed by atoms with E-state index in [9.17, 15) is 43.3 Å². The molecule has 8 aliphatic rings. The summed E-state index contributed by atoms with van der Waals surface area (Å²) < 4.78 is 90.8. The Balaban J connectivity index is 0.996. The summed E-state index contributed by atoms with van der Waals surface area (Å²) in [6.07, 6.45) is 2.31. The van der Waals surface area contributed by atoms with E-state index in [1.807, 2.05) is 27.7 Å². The Kier molecular flexibility index (Phi) is 20.6. The van der Waals surface area contributed by atoms with Crippen molar-refractivity contribution in [3.05, 3.63) is 104 Å². The first-order valence-corrected chi connectivity index (χ1v) is 35.8. The Bertz CT molecular complexity index is 3530. The Morgan fingerprint density at radius 3 is 1.30 bits per heavy atom. The van der Waals surface area contributed by atoms with Gasteiger partial charge in [0.1, 0.15) is 41.6 Å². The second-order valence-electron chi connectivity index (χ2n) is 33.9. The molecular weight excluding hydrogens is 1240 g/mol. The van der Waals surface area contributed by atoms with E-state index >= 15 is 13.6 Å². The molecule has 0 spiro atoms. The number of rotatable bonds is 15. The topological polar surface area (TPSA) is 192 Å². The number of halogens is 4. The molecule has 97 heavy (non-hydrogen) atoms. The second kappa shape index (κ2) is 27.0. The summed E-state index contributed by atoms with van der Waals surface area (Å²) in [5.41, 5.74) is 0.893. The third-order valence-corrected chi connectivity index (χ3v) is 27.3. The van der Waals surface area contributed by atoms with Crippen LogP contribution in [0.4, 0.5) is 17.6 Å². The van der Waals surface area contributed by atoms with Gasteiger partial charge in [-0.05, 0) is 289 Å². The number of esters is 5. The van der Waals surface area contributed by atoms with E-state index < -0.39 is 141 Å². The standard InChI is InChI=1S/C80H108F4O13/c1-41(2)53(47-30-49(81)34-50(82)31-47)18-20-55(71(90)93-40-94-73(92)74(9,10)11)67-59-36-63(89)70-76(13)27-25-64(44(6)58(76)23-29-78(70,15)79(59,16)38-65(67)95-45(7)85)97-72(91)56(21-19-54(42(3)4)48-32-51(83)35-52(84)33-48)68-60-37-62(88)69-75(12)26-24-61(87)43(5)57(75)22-28-77(69,14)80(60,17)39-66(68)96-46(8)86/h30-35,43-44,57-66,69-70,87-89H,18-29,36-40H2,1-17H3/t43-,44-,57?,58?,59+,60+,61+,62+,63+,64+,65-,66-,69?,70+,75-,76-,77-,78-,79-,80-/m0/s1. The molecule has 13 nitrogen and oxygen atoms in total. The van der Waals surface area contributed by atoms with Crippen LogP contribution in [0, 0.1) is 109 Å². The number of allylic oxidation sites excluding steroid dienone is 4. The molecule has 17 heteroatoms. The fourth-order valence-corrected chi connectivity index (χ4v) is 22.7. The predicted octanol–water partition coefficient (Wildman–Crippen LogP) is 16.4. The first kappa shape index (κ1) is 74.1. The molecule has 534 valence electrons. The first-order chi connectivity index (χ1) is 45.1. The highest BCUT2D eigenvalue weighted by molar-refractivity contribution is 5.91. The third kappa shape index (κ3) is 13.1. The van der Waals surface area contributed by atoms with Gasteiger partial charge in [0.25, 0.3) is 0 Å². The van der Waals surface area contributed by atoms with Crippen LogP contribution < -0.4 is 0 Å².